The maximum Gasteiger partial charge on any atom is 0.250 e. The highest BCUT2D eigenvalue weighted by atomic mass is 35.5. The van der Waals surface area contributed by atoms with Crippen LogP contribution in [0.1, 0.15) is 30.5 Å². The number of carbonyl (C=O) groups is 1. The maximum atomic E-state index is 12.7. The lowest BCUT2D eigenvalue weighted by Gasteiger charge is -2.43. The number of aromatic nitrogens is 1. The van der Waals surface area contributed by atoms with Crippen molar-refractivity contribution in [3.05, 3.63) is 63.0 Å². The number of benzene rings is 1. The number of hydrogen-bond acceptors (Lipinski definition) is 4. The number of piperidine rings is 1. The van der Waals surface area contributed by atoms with E-state index in [0.29, 0.717) is 22.5 Å². The molecule has 30 heavy (non-hydrogen) atoms. The van der Waals surface area contributed by atoms with Crippen LogP contribution in [0.15, 0.2) is 41.2 Å². The van der Waals surface area contributed by atoms with E-state index < -0.39 is 0 Å². The van der Waals surface area contributed by atoms with Crippen LogP contribution in [-0.4, -0.2) is 38.0 Å². The van der Waals surface area contributed by atoms with Crippen LogP contribution in [0.5, 0.6) is 0 Å². The quantitative estimate of drug-likeness (QED) is 0.691. The third kappa shape index (κ3) is 4.43. The summed E-state index contributed by atoms with van der Waals surface area (Å²) in [6, 6.07) is 11.1. The number of thioether (sulfide) groups is 1. The zero-order valence-electron chi connectivity index (χ0n) is 16.9. The fourth-order valence-corrected chi connectivity index (χ4v) is 5.81. The van der Waals surface area contributed by atoms with Crippen LogP contribution in [0.2, 0.25) is 5.02 Å². The van der Waals surface area contributed by atoms with Crippen LogP contribution in [0.4, 0.5) is 5.69 Å². The average molecular weight is 462 g/mol. The number of hydrogen-bond donors (Lipinski definition) is 1. The molecule has 2 aliphatic rings. The Balaban J connectivity index is 1.40. The Bertz CT molecular complexity index is 1050. The molecule has 0 spiro atoms. The first-order chi connectivity index (χ1) is 14.3. The summed E-state index contributed by atoms with van der Waals surface area (Å²) in [4.78, 5) is 27.1. The minimum absolute atomic E-state index is 0.0766. The number of rotatable bonds is 3. The second-order valence-corrected chi connectivity index (χ2v) is 10.5. The van der Waals surface area contributed by atoms with E-state index in [9.17, 15) is 9.59 Å². The fourth-order valence-electron chi connectivity index (χ4n) is 4.29. The van der Waals surface area contributed by atoms with Gasteiger partial charge >= 0.3 is 0 Å². The SMILES string of the molecule is Cc1ccc(Cl)c(NC(=O)C(C)SC(=S)N2CC3CC(C2)c2cccc(=O)n2C3)c1. The van der Waals surface area contributed by atoms with Gasteiger partial charge in [0.25, 0.3) is 5.56 Å². The zero-order chi connectivity index (χ0) is 21.4. The first kappa shape index (κ1) is 21.4. The van der Waals surface area contributed by atoms with Gasteiger partial charge in [0, 0.05) is 37.3 Å². The van der Waals surface area contributed by atoms with Crippen molar-refractivity contribution in [2.75, 3.05) is 18.4 Å². The Hall–Kier alpha value is -1.83. The van der Waals surface area contributed by atoms with Crippen molar-refractivity contribution in [1.29, 1.82) is 0 Å². The summed E-state index contributed by atoms with van der Waals surface area (Å²) in [5.74, 6) is 0.564. The largest absolute Gasteiger partial charge is 0.356 e. The van der Waals surface area contributed by atoms with E-state index in [1.54, 1.807) is 12.1 Å². The van der Waals surface area contributed by atoms with Crippen molar-refractivity contribution in [3.8, 4) is 0 Å². The van der Waals surface area contributed by atoms with E-state index >= 15 is 0 Å². The van der Waals surface area contributed by atoms with Crippen LogP contribution < -0.4 is 10.9 Å². The van der Waals surface area contributed by atoms with Crippen LogP contribution in [0.25, 0.3) is 0 Å². The molecule has 0 aliphatic carbocycles. The summed E-state index contributed by atoms with van der Waals surface area (Å²) in [6.07, 6.45) is 1.08. The van der Waals surface area contributed by atoms with Gasteiger partial charge in [-0.15, -0.1) is 0 Å². The van der Waals surface area contributed by atoms with Gasteiger partial charge in [-0.2, -0.15) is 0 Å². The highest BCUT2D eigenvalue weighted by molar-refractivity contribution is 8.23. The molecular formula is C22H24ClN3O2S2. The Labute approximate surface area is 190 Å². The molecule has 0 radical (unpaired) electrons. The summed E-state index contributed by atoms with van der Waals surface area (Å²) in [7, 11) is 0. The van der Waals surface area contributed by atoms with E-state index in [4.69, 9.17) is 23.8 Å². The van der Waals surface area contributed by atoms with Crippen molar-refractivity contribution < 1.29 is 4.79 Å². The summed E-state index contributed by atoms with van der Waals surface area (Å²) in [5, 5.41) is 3.09. The molecule has 5 nitrogen and oxygen atoms in total. The van der Waals surface area contributed by atoms with Gasteiger partial charge in [0.2, 0.25) is 5.91 Å². The second-order valence-electron chi connectivity index (χ2n) is 8.10. The topological polar surface area (TPSA) is 54.3 Å². The van der Waals surface area contributed by atoms with Crippen LogP contribution in [0, 0.1) is 12.8 Å². The molecule has 2 aromatic rings. The molecule has 1 N–H and O–H groups in total. The van der Waals surface area contributed by atoms with E-state index in [-0.39, 0.29) is 16.7 Å². The first-order valence-electron chi connectivity index (χ1n) is 10.0. The second kappa shape index (κ2) is 8.73. The van der Waals surface area contributed by atoms with Gasteiger partial charge in [-0.1, -0.05) is 47.7 Å². The van der Waals surface area contributed by atoms with Crippen molar-refractivity contribution in [2.24, 2.45) is 5.92 Å². The number of amides is 1. The van der Waals surface area contributed by atoms with Gasteiger partial charge in [0.1, 0.15) is 4.32 Å². The summed E-state index contributed by atoms with van der Waals surface area (Å²) in [5.41, 5.74) is 2.82. The van der Waals surface area contributed by atoms with E-state index in [2.05, 4.69) is 10.2 Å². The number of pyridine rings is 1. The first-order valence-corrected chi connectivity index (χ1v) is 11.7. The van der Waals surface area contributed by atoms with Crippen LogP contribution >= 0.6 is 35.6 Å². The number of nitrogens with one attached hydrogen (secondary N) is 1. The standard InChI is InChI=1S/C22H24ClN3O2S2/c1-13-6-7-17(23)18(8-13)24-21(28)14(2)30-22(29)25-10-15-9-16(12-25)19-4-3-5-20(27)26(19)11-15/h3-8,14-16H,9-12H2,1-2H3,(H,24,28). The molecule has 3 unspecified atom stereocenters. The third-order valence-electron chi connectivity index (χ3n) is 5.76. The van der Waals surface area contributed by atoms with E-state index in [0.717, 1.165) is 41.6 Å². The summed E-state index contributed by atoms with van der Waals surface area (Å²) in [6.45, 7) is 6.15. The molecular weight excluding hydrogens is 438 g/mol. The number of halogens is 1. The number of likely N-dealkylation sites (tertiary alicyclic amines) is 1. The lowest BCUT2D eigenvalue weighted by molar-refractivity contribution is -0.115. The van der Waals surface area contributed by atoms with Crippen molar-refractivity contribution in [1.82, 2.24) is 9.47 Å². The van der Waals surface area contributed by atoms with E-state index in [1.807, 2.05) is 42.7 Å². The predicted octanol–water partition coefficient (Wildman–Crippen LogP) is 4.27. The molecule has 1 amide bonds. The molecule has 0 saturated carbocycles. The molecule has 1 aromatic carbocycles. The molecule has 2 bridgehead atoms. The van der Waals surface area contributed by atoms with Gasteiger partial charge in [-0.05, 0) is 49.9 Å². The van der Waals surface area contributed by atoms with Gasteiger partial charge in [-0.25, -0.2) is 0 Å². The van der Waals surface area contributed by atoms with Gasteiger partial charge in [-0.3, -0.25) is 9.59 Å². The summed E-state index contributed by atoms with van der Waals surface area (Å²) < 4.78 is 2.64. The number of thiocarbonyl (C=S) groups is 1. The molecule has 2 aliphatic heterocycles. The summed E-state index contributed by atoms with van der Waals surface area (Å²) >= 11 is 13.3. The highest BCUT2D eigenvalue weighted by Gasteiger charge is 2.35. The van der Waals surface area contributed by atoms with E-state index in [1.165, 1.54) is 11.8 Å². The smallest absolute Gasteiger partial charge is 0.250 e. The predicted molar refractivity (Wildman–Crippen MR) is 128 cm³/mol. The van der Waals surface area contributed by atoms with Crippen LogP contribution in [-0.2, 0) is 11.3 Å². The lowest BCUT2D eigenvalue weighted by Crippen LogP contribution is -2.48. The Morgan fingerprint density at radius 2 is 2.07 bits per heavy atom. The average Bonchev–Trinajstić information content (AvgIpc) is 2.71. The molecule has 8 heteroatoms. The lowest BCUT2D eigenvalue weighted by atomic mass is 9.83. The molecule has 1 saturated heterocycles. The molecule has 158 valence electrons. The maximum absolute atomic E-state index is 12.7. The number of anilines is 1. The van der Waals surface area contributed by atoms with Gasteiger partial charge in [0.15, 0.2) is 0 Å². The Morgan fingerprint density at radius 3 is 2.87 bits per heavy atom. The highest BCUT2D eigenvalue weighted by Crippen LogP contribution is 2.36. The monoisotopic (exact) mass is 461 g/mol. The minimum atomic E-state index is -0.342. The molecule has 1 aromatic heterocycles. The van der Waals surface area contributed by atoms with Crippen LogP contribution in [0.3, 0.4) is 0 Å². The molecule has 4 rings (SSSR count). The third-order valence-corrected chi connectivity index (χ3v) is 7.67. The molecule has 1 fully saturated rings. The van der Waals surface area contributed by atoms with Gasteiger partial charge in [0.05, 0.1) is 16.0 Å². The molecule has 3 atom stereocenters. The number of aryl methyl sites for hydroxylation is 1. The Morgan fingerprint density at radius 1 is 1.27 bits per heavy atom. The zero-order valence-corrected chi connectivity index (χ0v) is 19.3. The number of carbonyl (C=O) groups excluding carboxylic acids is 1. The van der Waals surface area contributed by atoms with Crippen molar-refractivity contribution in [2.45, 2.75) is 38.0 Å². The van der Waals surface area contributed by atoms with Crippen molar-refractivity contribution in [3.63, 3.8) is 0 Å². The van der Waals surface area contributed by atoms with Gasteiger partial charge < -0.3 is 14.8 Å². The normalized spacial score (nSPS) is 21.0. The van der Waals surface area contributed by atoms with Crippen molar-refractivity contribution >= 4 is 51.5 Å². The Kier molecular flexibility index (Phi) is 6.23. The molecule has 3 heterocycles. The number of nitrogens with zero attached hydrogens (tertiary/aromatic N) is 2. The number of fused-ring (bicyclic) bond motifs is 4. The fraction of sp³-hybridized carbons (Fsp3) is 0.409. The minimum Gasteiger partial charge on any atom is -0.356 e.